The average molecular weight is 557 g/mol. The van der Waals surface area contributed by atoms with Crippen LogP contribution >= 0.6 is 0 Å². The number of ether oxygens (including phenoxy) is 3. The number of aryl methyl sites for hydroxylation is 2. The summed E-state index contributed by atoms with van der Waals surface area (Å²) in [5.74, 6) is 1.63. The number of methoxy groups -OCH3 is 3. The number of phenolic OH excluding ortho intramolecular Hbond substituents is 1. The summed E-state index contributed by atoms with van der Waals surface area (Å²) in [4.78, 5) is 29.9. The van der Waals surface area contributed by atoms with Gasteiger partial charge in [-0.2, -0.15) is 0 Å². The molecule has 3 N–H and O–H groups in total. The molecule has 0 saturated carbocycles. The molecule has 40 heavy (non-hydrogen) atoms. The SMILES string of the molecule is COc1cc(NC(=O)CCCN2CCCN(CCCC(=O)Nc3c(C)cc(O)cc3C)CC2)cc(OC)c1OC. The molecule has 0 bridgehead atoms. The molecular weight excluding hydrogens is 512 g/mol. The number of aromatic hydroxyl groups is 1. The molecular formula is C30H44N4O6. The summed E-state index contributed by atoms with van der Waals surface area (Å²) in [6, 6.07) is 6.77. The molecule has 10 nitrogen and oxygen atoms in total. The Morgan fingerprint density at radius 2 is 1.27 bits per heavy atom. The summed E-state index contributed by atoms with van der Waals surface area (Å²) in [7, 11) is 4.63. The maximum absolute atomic E-state index is 12.6. The summed E-state index contributed by atoms with van der Waals surface area (Å²) in [6.07, 6.45) is 3.51. The maximum Gasteiger partial charge on any atom is 0.224 e. The van der Waals surface area contributed by atoms with E-state index >= 15 is 0 Å². The lowest BCUT2D eigenvalue weighted by molar-refractivity contribution is -0.117. The van der Waals surface area contributed by atoms with Crippen LogP contribution in [0.25, 0.3) is 0 Å². The van der Waals surface area contributed by atoms with Gasteiger partial charge in [0, 0.05) is 49.4 Å². The highest BCUT2D eigenvalue weighted by atomic mass is 16.5. The van der Waals surface area contributed by atoms with Gasteiger partial charge >= 0.3 is 0 Å². The highest BCUT2D eigenvalue weighted by Crippen LogP contribution is 2.40. The van der Waals surface area contributed by atoms with Gasteiger partial charge in [0.2, 0.25) is 17.6 Å². The van der Waals surface area contributed by atoms with Crippen LogP contribution in [0.2, 0.25) is 0 Å². The third-order valence-corrected chi connectivity index (χ3v) is 7.17. The van der Waals surface area contributed by atoms with Crippen molar-refractivity contribution in [2.75, 3.05) is 71.2 Å². The molecule has 2 aromatic rings. The third-order valence-electron chi connectivity index (χ3n) is 7.17. The molecule has 0 aliphatic carbocycles. The monoisotopic (exact) mass is 556 g/mol. The van der Waals surface area contributed by atoms with Crippen LogP contribution in [0.4, 0.5) is 11.4 Å². The van der Waals surface area contributed by atoms with Crippen molar-refractivity contribution >= 4 is 23.2 Å². The van der Waals surface area contributed by atoms with E-state index in [0.717, 1.165) is 75.3 Å². The Bertz CT molecular complexity index is 1110. The van der Waals surface area contributed by atoms with Crippen LogP contribution in [0, 0.1) is 13.8 Å². The van der Waals surface area contributed by atoms with Crippen molar-refractivity contribution in [3.8, 4) is 23.0 Å². The fourth-order valence-corrected chi connectivity index (χ4v) is 5.11. The molecule has 1 aliphatic rings. The Balaban J connectivity index is 1.36. The Morgan fingerprint density at radius 3 is 1.75 bits per heavy atom. The minimum atomic E-state index is -0.0540. The Morgan fingerprint density at radius 1 is 0.775 bits per heavy atom. The van der Waals surface area contributed by atoms with Crippen LogP contribution in [-0.4, -0.2) is 87.3 Å². The summed E-state index contributed by atoms with van der Waals surface area (Å²) in [5.41, 5.74) is 3.10. The van der Waals surface area contributed by atoms with Gasteiger partial charge in [0.1, 0.15) is 5.75 Å². The number of phenols is 1. The second kappa shape index (κ2) is 15.3. The largest absolute Gasteiger partial charge is 0.508 e. The minimum Gasteiger partial charge on any atom is -0.508 e. The number of hydrogen-bond acceptors (Lipinski definition) is 8. The molecule has 10 heteroatoms. The number of nitrogens with zero attached hydrogens (tertiary/aromatic N) is 2. The average Bonchev–Trinajstić information content (AvgIpc) is 3.15. The maximum atomic E-state index is 12.6. The molecule has 1 aliphatic heterocycles. The smallest absolute Gasteiger partial charge is 0.224 e. The van der Waals surface area contributed by atoms with Crippen LogP contribution in [0.15, 0.2) is 24.3 Å². The molecule has 2 amide bonds. The van der Waals surface area contributed by atoms with Crippen LogP contribution < -0.4 is 24.8 Å². The van der Waals surface area contributed by atoms with Crippen molar-refractivity contribution in [3.05, 3.63) is 35.4 Å². The quantitative estimate of drug-likeness (QED) is 0.315. The topological polar surface area (TPSA) is 113 Å². The molecule has 0 radical (unpaired) electrons. The highest BCUT2D eigenvalue weighted by molar-refractivity contribution is 5.92. The molecule has 0 aromatic heterocycles. The van der Waals surface area contributed by atoms with Crippen LogP contribution in [0.3, 0.4) is 0 Å². The summed E-state index contributed by atoms with van der Waals surface area (Å²) in [5, 5.41) is 15.6. The predicted molar refractivity (Wildman–Crippen MR) is 157 cm³/mol. The van der Waals surface area contributed by atoms with Gasteiger partial charge in [0.25, 0.3) is 0 Å². The molecule has 3 rings (SSSR count). The number of amides is 2. The first-order chi connectivity index (χ1) is 19.2. The second-order valence-electron chi connectivity index (χ2n) is 10.2. The first-order valence-corrected chi connectivity index (χ1v) is 13.9. The fraction of sp³-hybridized carbons (Fsp3) is 0.533. The summed E-state index contributed by atoms with van der Waals surface area (Å²) >= 11 is 0. The van der Waals surface area contributed by atoms with Crippen molar-refractivity contribution in [2.24, 2.45) is 0 Å². The molecule has 0 atom stereocenters. The van der Waals surface area contributed by atoms with Gasteiger partial charge in [-0.3, -0.25) is 9.59 Å². The van der Waals surface area contributed by atoms with E-state index in [4.69, 9.17) is 14.2 Å². The van der Waals surface area contributed by atoms with Gasteiger partial charge in [-0.15, -0.1) is 0 Å². The van der Waals surface area contributed by atoms with E-state index in [1.54, 1.807) is 45.6 Å². The van der Waals surface area contributed by atoms with E-state index in [-0.39, 0.29) is 17.6 Å². The van der Waals surface area contributed by atoms with Crippen LogP contribution in [-0.2, 0) is 9.59 Å². The predicted octanol–water partition coefficient (Wildman–Crippen LogP) is 4.18. The molecule has 0 spiro atoms. The summed E-state index contributed by atoms with van der Waals surface area (Å²) < 4.78 is 16.1. The Labute approximate surface area is 237 Å². The van der Waals surface area contributed by atoms with Crippen molar-refractivity contribution in [2.45, 2.75) is 46.0 Å². The zero-order valence-corrected chi connectivity index (χ0v) is 24.5. The number of carbonyl (C=O) groups excluding carboxylic acids is 2. The molecule has 220 valence electrons. The van der Waals surface area contributed by atoms with E-state index < -0.39 is 0 Å². The Kier molecular flexibility index (Phi) is 11.9. The number of nitrogens with one attached hydrogen (secondary N) is 2. The highest BCUT2D eigenvalue weighted by Gasteiger charge is 2.17. The van der Waals surface area contributed by atoms with Gasteiger partial charge in [-0.1, -0.05) is 0 Å². The molecule has 0 unspecified atom stereocenters. The number of benzene rings is 2. The fourth-order valence-electron chi connectivity index (χ4n) is 5.11. The number of hydrogen-bond donors (Lipinski definition) is 3. The van der Waals surface area contributed by atoms with Gasteiger partial charge in [0.15, 0.2) is 11.5 Å². The standard InChI is InChI=1S/C30H44N4O6/c1-21-17-24(35)18-22(2)29(21)32-28(37)10-7-12-34-14-8-13-33(15-16-34)11-6-9-27(36)31-23-19-25(38-3)30(40-5)26(20-23)39-4/h17-20,35H,6-16H2,1-5H3,(H,31,36)(H,32,37). The van der Waals surface area contributed by atoms with Crippen molar-refractivity contribution < 1.29 is 28.9 Å². The van der Waals surface area contributed by atoms with E-state index in [1.165, 1.54) is 0 Å². The zero-order valence-electron chi connectivity index (χ0n) is 24.5. The van der Waals surface area contributed by atoms with Crippen molar-refractivity contribution in [1.82, 2.24) is 9.80 Å². The first kappa shape index (κ1) is 31.0. The van der Waals surface area contributed by atoms with E-state index in [2.05, 4.69) is 20.4 Å². The molecule has 2 aromatic carbocycles. The first-order valence-electron chi connectivity index (χ1n) is 13.9. The minimum absolute atomic E-state index is 0.00172. The lowest BCUT2D eigenvalue weighted by Crippen LogP contribution is -2.32. The zero-order chi connectivity index (χ0) is 29.1. The molecule has 1 saturated heterocycles. The number of rotatable bonds is 13. The lowest BCUT2D eigenvalue weighted by Gasteiger charge is -2.21. The van der Waals surface area contributed by atoms with Gasteiger partial charge in [0.05, 0.1) is 21.3 Å². The van der Waals surface area contributed by atoms with Crippen LogP contribution in [0.5, 0.6) is 23.0 Å². The molecule has 1 heterocycles. The van der Waals surface area contributed by atoms with E-state index in [9.17, 15) is 14.7 Å². The van der Waals surface area contributed by atoms with Gasteiger partial charge < -0.3 is 39.8 Å². The van der Waals surface area contributed by atoms with Gasteiger partial charge in [-0.25, -0.2) is 0 Å². The van der Waals surface area contributed by atoms with Crippen LogP contribution in [0.1, 0.15) is 43.2 Å². The van der Waals surface area contributed by atoms with E-state index in [0.29, 0.717) is 35.8 Å². The second-order valence-corrected chi connectivity index (χ2v) is 10.2. The summed E-state index contributed by atoms with van der Waals surface area (Å²) in [6.45, 7) is 9.43. The number of carbonyl (C=O) groups is 2. The van der Waals surface area contributed by atoms with Crippen molar-refractivity contribution in [1.29, 1.82) is 0 Å². The molecule has 1 fully saturated rings. The van der Waals surface area contributed by atoms with E-state index in [1.807, 2.05) is 13.8 Å². The Hall–Kier alpha value is -3.50. The third kappa shape index (κ3) is 9.02. The lowest BCUT2D eigenvalue weighted by atomic mass is 10.1. The normalized spacial score (nSPS) is 14.3. The van der Waals surface area contributed by atoms with Crippen molar-refractivity contribution in [3.63, 3.8) is 0 Å². The van der Waals surface area contributed by atoms with Gasteiger partial charge in [-0.05, 0) is 82.5 Å². The number of anilines is 2.